The molecule has 1 atom stereocenters. The molecule has 0 spiro atoms. The Morgan fingerprint density at radius 2 is 2.08 bits per heavy atom. The van der Waals surface area contributed by atoms with Crippen molar-refractivity contribution < 1.29 is 9.53 Å². The van der Waals surface area contributed by atoms with Crippen LogP contribution in [0.1, 0.15) is 30.7 Å². The van der Waals surface area contributed by atoms with Gasteiger partial charge in [-0.3, -0.25) is 4.79 Å². The first-order valence-electron chi connectivity index (χ1n) is 8.51. The third-order valence-electron chi connectivity index (χ3n) is 4.50. The third-order valence-corrected chi connectivity index (χ3v) is 4.75. The first-order chi connectivity index (χ1) is 12.2. The van der Waals surface area contributed by atoms with Gasteiger partial charge in [0.2, 0.25) is 5.91 Å². The summed E-state index contributed by atoms with van der Waals surface area (Å²) in [6, 6.07) is 7.57. The summed E-state index contributed by atoms with van der Waals surface area (Å²) >= 11 is 5.97. The van der Waals surface area contributed by atoms with Gasteiger partial charge in [-0.2, -0.15) is 0 Å². The molecule has 0 unspecified atom stereocenters. The predicted molar refractivity (Wildman–Crippen MR) is 93.2 cm³/mol. The number of nitrogens with one attached hydrogen (secondary N) is 1. The van der Waals surface area contributed by atoms with Crippen molar-refractivity contribution in [1.29, 1.82) is 0 Å². The maximum absolute atomic E-state index is 12.4. The Kier molecular flexibility index (Phi) is 6.36. The highest BCUT2D eigenvalue weighted by molar-refractivity contribution is 6.30. The van der Waals surface area contributed by atoms with Crippen LogP contribution in [0.5, 0.6) is 0 Å². The highest BCUT2D eigenvalue weighted by Crippen LogP contribution is 2.23. The van der Waals surface area contributed by atoms with Crippen LogP contribution in [0.15, 0.2) is 30.6 Å². The molecule has 1 aliphatic heterocycles. The lowest BCUT2D eigenvalue weighted by Gasteiger charge is -2.23. The van der Waals surface area contributed by atoms with Gasteiger partial charge in [-0.05, 0) is 46.9 Å². The number of amides is 1. The molecule has 8 heteroatoms. The zero-order chi connectivity index (χ0) is 17.5. The topological polar surface area (TPSA) is 81.9 Å². The van der Waals surface area contributed by atoms with Gasteiger partial charge < -0.3 is 10.1 Å². The van der Waals surface area contributed by atoms with Crippen LogP contribution in [0.25, 0.3) is 0 Å². The molecule has 1 N–H and O–H groups in total. The Morgan fingerprint density at radius 1 is 1.32 bits per heavy atom. The van der Waals surface area contributed by atoms with Crippen molar-refractivity contribution in [2.45, 2.75) is 31.7 Å². The normalized spacial score (nSPS) is 16.5. The van der Waals surface area contributed by atoms with Crippen molar-refractivity contribution in [2.24, 2.45) is 5.92 Å². The molecule has 0 saturated carbocycles. The fourth-order valence-electron chi connectivity index (χ4n) is 3.02. The monoisotopic (exact) mass is 363 g/mol. The Hall–Kier alpha value is -1.99. The van der Waals surface area contributed by atoms with Crippen LogP contribution in [0, 0.1) is 5.92 Å². The summed E-state index contributed by atoms with van der Waals surface area (Å²) in [5.74, 6) is 0.529. The second-order valence-corrected chi connectivity index (χ2v) is 6.78. The summed E-state index contributed by atoms with van der Waals surface area (Å²) in [7, 11) is 0. The zero-order valence-corrected chi connectivity index (χ0v) is 14.7. The van der Waals surface area contributed by atoms with Crippen LogP contribution in [0.2, 0.25) is 5.02 Å². The van der Waals surface area contributed by atoms with Gasteiger partial charge in [0.05, 0.1) is 6.54 Å². The van der Waals surface area contributed by atoms with E-state index < -0.39 is 0 Å². The standard InChI is InChI=1S/C17H22ClN5O2/c18-16-3-1-14(2-4-16)15(11-23-12-20-21-22-23)9-17(24)19-10-13-5-7-25-8-6-13/h1-4,12-13,15H,5-11H2,(H,19,24)/t15-/m0/s1. The molecule has 0 aliphatic carbocycles. The number of hydrogen-bond donors (Lipinski definition) is 1. The van der Waals surface area contributed by atoms with Crippen molar-refractivity contribution >= 4 is 17.5 Å². The number of aromatic nitrogens is 4. The van der Waals surface area contributed by atoms with E-state index in [1.807, 2.05) is 24.3 Å². The van der Waals surface area contributed by atoms with Crippen LogP contribution in [0.4, 0.5) is 0 Å². The molecule has 1 fully saturated rings. The number of ether oxygens (including phenoxy) is 1. The van der Waals surface area contributed by atoms with Crippen molar-refractivity contribution in [3.8, 4) is 0 Å². The molecular weight excluding hydrogens is 342 g/mol. The minimum atomic E-state index is -0.0181. The van der Waals surface area contributed by atoms with Gasteiger partial charge in [0.1, 0.15) is 6.33 Å². The molecule has 134 valence electrons. The van der Waals surface area contributed by atoms with E-state index in [9.17, 15) is 4.79 Å². The summed E-state index contributed by atoms with van der Waals surface area (Å²) in [6.07, 6.45) is 3.95. The summed E-state index contributed by atoms with van der Waals surface area (Å²) in [5.41, 5.74) is 1.04. The smallest absolute Gasteiger partial charge is 0.220 e. The van der Waals surface area contributed by atoms with Crippen molar-refractivity contribution in [3.05, 3.63) is 41.2 Å². The van der Waals surface area contributed by atoms with Crippen molar-refractivity contribution in [1.82, 2.24) is 25.5 Å². The highest BCUT2D eigenvalue weighted by atomic mass is 35.5. The first-order valence-corrected chi connectivity index (χ1v) is 8.89. The van der Waals surface area contributed by atoms with Crippen molar-refractivity contribution in [2.75, 3.05) is 19.8 Å². The van der Waals surface area contributed by atoms with Crippen LogP contribution in [-0.4, -0.2) is 45.9 Å². The second kappa shape index (κ2) is 8.92. The van der Waals surface area contributed by atoms with Gasteiger partial charge in [-0.25, -0.2) is 4.68 Å². The molecule has 1 saturated heterocycles. The number of nitrogens with zero attached hydrogens (tertiary/aromatic N) is 4. The van der Waals surface area contributed by atoms with Crippen LogP contribution in [-0.2, 0) is 16.1 Å². The van der Waals surface area contributed by atoms with Gasteiger partial charge in [-0.15, -0.1) is 5.10 Å². The molecule has 1 amide bonds. The van der Waals surface area contributed by atoms with Gasteiger partial charge in [0.25, 0.3) is 0 Å². The molecule has 25 heavy (non-hydrogen) atoms. The lowest BCUT2D eigenvalue weighted by Crippen LogP contribution is -2.33. The maximum atomic E-state index is 12.4. The van der Waals surface area contributed by atoms with E-state index in [-0.39, 0.29) is 11.8 Å². The summed E-state index contributed by atoms with van der Waals surface area (Å²) in [4.78, 5) is 12.4. The predicted octanol–water partition coefficient (Wildman–Crippen LogP) is 2.04. The SMILES string of the molecule is O=C(C[C@@H](Cn1cnnn1)c1ccc(Cl)cc1)NCC1CCOCC1. The van der Waals surface area contributed by atoms with Crippen LogP contribution >= 0.6 is 11.6 Å². The fourth-order valence-corrected chi connectivity index (χ4v) is 3.14. The molecule has 0 bridgehead atoms. The van der Waals surface area contributed by atoms with E-state index in [1.165, 1.54) is 0 Å². The average Bonchev–Trinajstić information content (AvgIpc) is 3.14. The quantitative estimate of drug-likeness (QED) is 0.814. The number of benzene rings is 1. The lowest BCUT2D eigenvalue weighted by atomic mass is 9.95. The van der Waals surface area contributed by atoms with Gasteiger partial charge in [0.15, 0.2) is 0 Å². The average molecular weight is 364 g/mol. The van der Waals surface area contributed by atoms with Crippen LogP contribution in [0.3, 0.4) is 0 Å². The van der Waals surface area contributed by atoms with Crippen molar-refractivity contribution in [3.63, 3.8) is 0 Å². The minimum Gasteiger partial charge on any atom is -0.381 e. The number of carbonyl (C=O) groups excluding carboxylic acids is 1. The summed E-state index contributed by atoms with van der Waals surface area (Å²) in [6.45, 7) is 2.82. The summed E-state index contributed by atoms with van der Waals surface area (Å²) in [5, 5.41) is 15.0. The molecule has 2 aromatic rings. The summed E-state index contributed by atoms with van der Waals surface area (Å²) < 4.78 is 7.00. The zero-order valence-electron chi connectivity index (χ0n) is 14.0. The molecular formula is C17H22ClN5O2. The molecule has 1 aromatic heterocycles. The highest BCUT2D eigenvalue weighted by Gasteiger charge is 2.19. The molecule has 3 rings (SSSR count). The van der Waals surface area contributed by atoms with E-state index in [1.54, 1.807) is 11.0 Å². The minimum absolute atomic E-state index is 0.0181. The number of carbonyl (C=O) groups is 1. The number of tetrazole rings is 1. The Bertz CT molecular complexity index is 656. The molecule has 2 heterocycles. The lowest BCUT2D eigenvalue weighted by molar-refractivity contribution is -0.121. The fraction of sp³-hybridized carbons (Fsp3) is 0.529. The van der Waals surface area contributed by atoms with Crippen LogP contribution < -0.4 is 5.32 Å². The second-order valence-electron chi connectivity index (χ2n) is 6.34. The van der Waals surface area contributed by atoms with E-state index in [0.29, 0.717) is 30.5 Å². The molecule has 7 nitrogen and oxygen atoms in total. The van der Waals surface area contributed by atoms with Gasteiger partial charge in [0, 0.05) is 37.1 Å². The van der Waals surface area contributed by atoms with Gasteiger partial charge in [-0.1, -0.05) is 23.7 Å². The Morgan fingerprint density at radius 3 is 2.76 bits per heavy atom. The number of rotatable bonds is 7. The third kappa shape index (κ3) is 5.51. The molecule has 1 aromatic carbocycles. The first kappa shape index (κ1) is 17.8. The maximum Gasteiger partial charge on any atom is 0.220 e. The van der Waals surface area contributed by atoms with E-state index in [4.69, 9.17) is 16.3 Å². The Balaban J connectivity index is 1.60. The number of halogens is 1. The van der Waals surface area contributed by atoms with E-state index in [0.717, 1.165) is 31.6 Å². The Labute approximate surface area is 151 Å². The van der Waals surface area contributed by atoms with Gasteiger partial charge >= 0.3 is 0 Å². The molecule has 1 aliphatic rings. The van der Waals surface area contributed by atoms with E-state index in [2.05, 4.69) is 20.8 Å². The molecule has 0 radical (unpaired) electrons. The largest absolute Gasteiger partial charge is 0.381 e. The number of hydrogen-bond acceptors (Lipinski definition) is 5. The van der Waals surface area contributed by atoms with E-state index >= 15 is 0 Å².